The molecule has 42 heavy (non-hydrogen) atoms. The SMILES string of the molecule is CNC(=O)c1c(-c2ccc(F)cc2)oc2nc(NCC(F)F)c(-c3cnc(OC)c(C(=O)NC45CCC(C4)C5)c3)cc12. The Balaban J connectivity index is 1.49. The molecule has 4 aromatic rings. The van der Waals surface area contributed by atoms with Gasteiger partial charge in [0.25, 0.3) is 18.2 Å². The van der Waals surface area contributed by atoms with Gasteiger partial charge in [0.2, 0.25) is 11.6 Å². The van der Waals surface area contributed by atoms with Crippen molar-refractivity contribution in [2.45, 2.75) is 37.6 Å². The Morgan fingerprint density at radius 1 is 1.14 bits per heavy atom. The average Bonchev–Trinajstić information content (AvgIpc) is 3.67. The Kier molecular flexibility index (Phi) is 6.99. The van der Waals surface area contributed by atoms with Crippen LogP contribution in [-0.4, -0.2) is 54.4 Å². The zero-order valence-electron chi connectivity index (χ0n) is 22.9. The molecule has 3 aliphatic rings. The average molecular weight is 580 g/mol. The van der Waals surface area contributed by atoms with Crippen LogP contribution >= 0.6 is 0 Å². The summed E-state index contributed by atoms with van der Waals surface area (Å²) in [6, 6.07) is 8.53. The number of benzene rings is 1. The van der Waals surface area contributed by atoms with Crippen LogP contribution in [0.5, 0.6) is 5.88 Å². The van der Waals surface area contributed by atoms with Gasteiger partial charge >= 0.3 is 0 Å². The molecule has 0 radical (unpaired) electrons. The molecule has 2 amide bonds. The van der Waals surface area contributed by atoms with Crippen LogP contribution < -0.4 is 20.7 Å². The number of carbonyl (C=O) groups is 2. The van der Waals surface area contributed by atoms with Gasteiger partial charge in [-0.1, -0.05) is 0 Å². The van der Waals surface area contributed by atoms with E-state index in [4.69, 9.17) is 9.15 Å². The van der Waals surface area contributed by atoms with Crippen molar-refractivity contribution in [3.8, 4) is 28.3 Å². The number of furan rings is 1. The number of hydrogen-bond acceptors (Lipinski definition) is 7. The Hall–Kier alpha value is -4.61. The minimum Gasteiger partial charge on any atom is -0.480 e. The highest BCUT2D eigenvalue weighted by molar-refractivity contribution is 6.11. The molecule has 218 valence electrons. The number of nitrogens with zero attached hydrogens (tertiary/aromatic N) is 2. The molecule has 3 aromatic heterocycles. The molecule has 3 heterocycles. The second kappa shape index (κ2) is 10.7. The van der Waals surface area contributed by atoms with Gasteiger partial charge in [-0.15, -0.1) is 0 Å². The number of rotatable bonds is 9. The van der Waals surface area contributed by atoms with Crippen molar-refractivity contribution in [3.05, 3.63) is 59.5 Å². The van der Waals surface area contributed by atoms with Crippen LogP contribution in [0, 0.1) is 11.7 Å². The summed E-state index contributed by atoms with van der Waals surface area (Å²) < 4.78 is 51.5. The predicted octanol–water partition coefficient (Wildman–Crippen LogP) is 5.41. The summed E-state index contributed by atoms with van der Waals surface area (Å²) in [6.07, 6.45) is 2.64. The number of pyridine rings is 2. The molecular formula is C30H28F3N5O4. The number of ether oxygens (including phenoxy) is 1. The molecule has 9 nitrogen and oxygen atoms in total. The van der Waals surface area contributed by atoms with E-state index in [2.05, 4.69) is 25.9 Å². The van der Waals surface area contributed by atoms with Gasteiger partial charge in [0.05, 0.1) is 24.6 Å². The van der Waals surface area contributed by atoms with E-state index < -0.39 is 24.7 Å². The first-order valence-electron chi connectivity index (χ1n) is 13.5. The second-order valence-corrected chi connectivity index (χ2v) is 10.7. The third kappa shape index (κ3) is 4.90. The lowest BCUT2D eigenvalue weighted by Crippen LogP contribution is -2.51. The maximum absolute atomic E-state index is 13.6. The van der Waals surface area contributed by atoms with E-state index in [-0.39, 0.29) is 45.7 Å². The third-order valence-corrected chi connectivity index (χ3v) is 8.04. The van der Waals surface area contributed by atoms with E-state index in [1.54, 1.807) is 12.1 Å². The summed E-state index contributed by atoms with van der Waals surface area (Å²) in [5, 5.41) is 8.66. The molecule has 0 saturated heterocycles. The van der Waals surface area contributed by atoms with E-state index in [0.717, 1.165) is 25.7 Å². The summed E-state index contributed by atoms with van der Waals surface area (Å²) in [6.45, 7) is -0.708. The summed E-state index contributed by atoms with van der Waals surface area (Å²) in [4.78, 5) is 35.3. The van der Waals surface area contributed by atoms with Gasteiger partial charge in [-0.25, -0.2) is 18.2 Å². The van der Waals surface area contributed by atoms with Gasteiger partial charge in [-0.2, -0.15) is 4.98 Å². The van der Waals surface area contributed by atoms with Gasteiger partial charge in [-0.05, 0) is 68.0 Å². The number of halogens is 3. The largest absolute Gasteiger partial charge is 0.480 e. The summed E-state index contributed by atoms with van der Waals surface area (Å²) >= 11 is 0. The number of fused-ring (bicyclic) bond motifs is 2. The maximum Gasteiger partial charge on any atom is 0.257 e. The van der Waals surface area contributed by atoms with Crippen LogP contribution in [0.15, 0.2) is 47.0 Å². The van der Waals surface area contributed by atoms with Crippen LogP contribution in [0.1, 0.15) is 46.4 Å². The standard InChI is InChI=1S/C30H28F3N5O4/c1-34-27(40)23-20-10-19(17-9-21(28(41-2)36-13-17)26(39)38-30-8-7-15(11-30)12-30)25(35-14-22(32)33)37-29(20)42-24(23)16-3-5-18(31)6-4-16/h3-6,9-10,13,15,22H,7-8,11-12,14H2,1-2H3,(H,34,40)(H,35,37)(H,38,39). The van der Waals surface area contributed by atoms with Crippen molar-refractivity contribution < 1.29 is 31.9 Å². The van der Waals surface area contributed by atoms with Gasteiger partial charge < -0.3 is 25.1 Å². The predicted molar refractivity (Wildman–Crippen MR) is 149 cm³/mol. The fourth-order valence-corrected chi connectivity index (χ4v) is 6.04. The van der Waals surface area contributed by atoms with Crippen molar-refractivity contribution in [2.24, 2.45) is 5.92 Å². The highest BCUT2D eigenvalue weighted by Crippen LogP contribution is 2.52. The monoisotopic (exact) mass is 579 g/mol. The Bertz CT molecular complexity index is 1680. The maximum atomic E-state index is 13.6. The van der Waals surface area contributed by atoms with Crippen molar-refractivity contribution in [1.29, 1.82) is 0 Å². The second-order valence-electron chi connectivity index (χ2n) is 10.7. The number of aromatic nitrogens is 2. The van der Waals surface area contributed by atoms with Gasteiger partial charge in [0.15, 0.2) is 0 Å². The molecule has 12 heteroatoms. The number of hydrogen-bond donors (Lipinski definition) is 3. The zero-order valence-corrected chi connectivity index (χ0v) is 22.9. The fourth-order valence-electron chi connectivity index (χ4n) is 6.04. The molecule has 0 aliphatic heterocycles. The van der Waals surface area contributed by atoms with E-state index in [0.29, 0.717) is 28.0 Å². The summed E-state index contributed by atoms with van der Waals surface area (Å²) in [5.74, 6) is -0.363. The zero-order chi connectivity index (χ0) is 29.6. The van der Waals surface area contributed by atoms with E-state index in [1.165, 1.54) is 44.6 Å². The highest BCUT2D eigenvalue weighted by atomic mass is 19.3. The fraction of sp³-hybridized carbons (Fsp3) is 0.333. The summed E-state index contributed by atoms with van der Waals surface area (Å²) in [7, 11) is 2.86. The molecule has 0 spiro atoms. The lowest BCUT2D eigenvalue weighted by atomic mass is 9.77. The van der Waals surface area contributed by atoms with Crippen LogP contribution in [0.3, 0.4) is 0 Å². The molecular weight excluding hydrogens is 551 g/mol. The van der Waals surface area contributed by atoms with E-state index >= 15 is 0 Å². The van der Waals surface area contributed by atoms with Crippen molar-refractivity contribution in [2.75, 3.05) is 26.0 Å². The van der Waals surface area contributed by atoms with Crippen molar-refractivity contribution >= 4 is 28.7 Å². The number of nitrogens with one attached hydrogen (secondary N) is 3. The van der Waals surface area contributed by atoms with Gasteiger partial charge in [0, 0.05) is 35.5 Å². The number of methoxy groups -OCH3 is 1. The van der Waals surface area contributed by atoms with Crippen molar-refractivity contribution in [3.63, 3.8) is 0 Å². The molecule has 0 unspecified atom stereocenters. The minimum atomic E-state index is -2.68. The lowest BCUT2D eigenvalue weighted by Gasteiger charge is -2.39. The Morgan fingerprint density at radius 2 is 1.90 bits per heavy atom. The molecule has 2 bridgehead atoms. The van der Waals surface area contributed by atoms with E-state index in [9.17, 15) is 22.8 Å². The number of alkyl halides is 2. The number of anilines is 1. The van der Waals surface area contributed by atoms with Gasteiger partial charge in [-0.3, -0.25) is 9.59 Å². The third-order valence-electron chi connectivity index (χ3n) is 8.04. The number of carbonyl (C=O) groups excluding carboxylic acids is 2. The lowest BCUT2D eigenvalue weighted by molar-refractivity contribution is 0.0836. The highest BCUT2D eigenvalue weighted by Gasteiger charge is 2.51. The molecule has 3 N–H and O–H groups in total. The Morgan fingerprint density at radius 3 is 2.55 bits per heavy atom. The molecule has 7 rings (SSSR count). The smallest absolute Gasteiger partial charge is 0.257 e. The molecule has 3 fully saturated rings. The Labute approximate surface area is 238 Å². The first-order chi connectivity index (χ1) is 20.2. The van der Waals surface area contributed by atoms with E-state index in [1.807, 2.05) is 0 Å². The topological polar surface area (TPSA) is 118 Å². The first kappa shape index (κ1) is 27.6. The normalized spacial score (nSPS) is 19.0. The van der Waals surface area contributed by atoms with Crippen LogP contribution in [0.4, 0.5) is 19.0 Å². The van der Waals surface area contributed by atoms with Crippen LogP contribution in [0.25, 0.3) is 33.6 Å². The molecule has 3 aliphatic carbocycles. The molecule has 0 atom stereocenters. The summed E-state index contributed by atoms with van der Waals surface area (Å²) in [5.41, 5.74) is 1.22. The van der Waals surface area contributed by atoms with Crippen molar-refractivity contribution in [1.82, 2.24) is 20.6 Å². The van der Waals surface area contributed by atoms with Crippen LogP contribution in [-0.2, 0) is 0 Å². The molecule has 3 saturated carbocycles. The minimum absolute atomic E-state index is 0.00718. The van der Waals surface area contributed by atoms with Crippen LogP contribution in [0.2, 0.25) is 0 Å². The quantitative estimate of drug-likeness (QED) is 0.243. The first-order valence-corrected chi connectivity index (χ1v) is 13.5. The van der Waals surface area contributed by atoms with Gasteiger partial charge in [0.1, 0.15) is 23.0 Å². The number of amides is 2. The molecule has 1 aromatic carbocycles.